The molecule has 2 aromatic heterocycles. The number of carbonyl (C=O) groups is 1. The minimum atomic E-state index is -0.212. The molecule has 6 heteroatoms. The van der Waals surface area contributed by atoms with Gasteiger partial charge in [0.1, 0.15) is 5.75 Å². The fourth-order valence-corrected chi connectivity index (χ4v) is 3.16. The van der Waals surface area contributed by atoms with E-state index in [1.807, 2.05) is 46.6 Å². The van der Waals surface area contributed by atoms with Crippen LogP contribution in [-0.2, 0) is 6.54 Å². The van der Waals surface area contributed by atoms with Crippen molar-refractivity contribution in [3.05, 3.63) is 69.6 Å². The average molecular weight is 347 g/mol. The number of methoxy groups -OCH3 is 1. The first-order valence-electron chi connectivity index (χ1n) is 7.00. The zero-order valence-corrected chi connectivity index (χ0v) is 14.0. The molecule has 0 atom stereocenters. The number of aromatic nitrogens is 1. The number of nitrogens with zero attached hydrogens (tertiary/aromatic N) is 1. The van der Waals surface area contributed by atoms with E-state index in [1.165, 1.54) is 0 Å². The van der Waals surface area contributed by atoms with E-state index >= 15 is 0 Å². The van der Waals surface area contributed by atoms with Gasteiger partial charge in [0.05, 0.1) is 29.9 Å². The van der Waals surface area contributed by atoms with E-state index in [9.17, 15) is 4.79 Å². The van der Waals surface area contributed by atoms with Gasteiger partial charge in [-0.15, -0.1) is 11.3 Å². The van der Waals surface area contributed by atoms with Gasteiger partial charge in [0.25, 0.3) is 5.91 Å². The van der Waals surface area contributed by atoms with Crippen LogP contribution in [0.25, 0.3) is 5.69 Å². The van der Waals surface area contributed by atoms with Gasteiger partial charge in [0.15, 0.2) is 0 Å². The lowest BCUT2D eigenvalue weighted by Gasteiger charge is -2.13. The molecule has 3 rings (SSSR count). The largest absolute Gasteiger partial charge is 0.496 e. The Bertz CT molecular complexity index is 798. The molecule has 4 nitrogen and oxygen atoms in total. The summed E-state index contributed by atoms with van der Waals surface area (Å²) in [6.45, 7) is 0.483. The molecule has 0 saturated carbocycles. The van der Waals surface area contributed by atoms with Gasteiger partial charge in [-0.1, -0.05) is 17.7 Å². The topological polar surface area (TPSA) is 43.3 Å². The van der Waals surface area contributed by atoms with Crippen molar-refractivity contribution in [2.45, 2.75) is 6.54 Å². The van der Waals surface area contributed by atoms with E-state index in [1.54, 1.807) is 30.6 Å². The minimum absolute atomic E-state index is 0.212. The molecule has 0 radical (unpaired) electrons. The van der Waals surface area contributed by atoms with Crippen molar-refractivity contribution in [2.24, 2.45) is 0 Å². The highest BCUT2D eigenvalue weighted by Crippen LogP contribution is 2.30. The van der Waals surface area contributed by atoms with E-state index in [4.69, 9.17) is 16.3 Å². The molecule has 1 amide bonds. The Morgan fingerprint density at radius 1 is 1.30 bits per heavy atom. The van der Waals surface area contributed by atoms with Crippen LogP contribution in [-0.4, -0.2) is 17.6 Å². The lowest BCUT2D eigenvalue weighted by molar-refractivity contribution is 0.0948. The average Bonchev–Trinajstić information content (AvgIpc) is 3.25. The van der Waals surface area contributed by atoms with E-state index in [2.05, 4.69) is 5.32 Å². The molecular formula is C17H15ClN2O2S. The Hall–Kier alpha value is -2.24. The highest BCUT2D eigenvalue weighted by Gasteiger charge is 2.16. The molecule has 0 unspecified atom stereocenters. The van der Waals surface area contributed by atoms with Crippen LogP contribution in [0.3, 0.4) is 0 Å². The molecule has 0 fully saturated rings. The summed E-state index contributed by atoms with van der Waals surface area (Å²) < 4.78 is 7.24. The van der Waals surface area contributed by atoms with Crippen molar-refractivity contribution < 1.29 is 9.53 Å². The summed E-state index contributed by atoms with van der Waals surface area (Å²) in [5, 5.41) is 5.35. The lowest BCUT2D eigenvalue weighted by atomic mass is 10.1. The highest BCUT2D eigenvalue weighted by molar-refractivity contribution is 7.09. The summed E-state index contributed by atoms with van der Waals surface area (Å²) in [6, 6.07) is 11.1. The van der Waals surface area contributed by atoms with Crippen LogP contribution in [0.4, 0.5) is 0 Å². The van der Waals surface area contributed by atoms with Crippen LogP contribution in [0, 0.1) is 0 Å². The Balaban J connectivity index is 1.86. The first-order chi connectivity index (χ1) is 11.2. The maximum Gasteiger partial charge on any atom is 0.255 e. The van der Waals surface area contributed by atoms with E-state index in [0.29, 0.717) is 22.9 Å². The predicted octanol–water partition coefficient (Wildman–Crippen LogP) is 4.13. The van der Waals surface area contributed by atoms with Gasteiger partial charge in [-0.2, -0.15) is 0 Å². The Labute approximate surface area is 143 Å². The van der Waals surface area contributed by atoms with E-state index in [-0.39, 0.29) is 5.91 Å². The number of hydrogen-bond donors (Lipinski definition) is 1. The molecule has 0 aliphatic carbocycles. The predicted molar refractivity (Wildman–Crippen MR) is 92.8 cm³/mol. The number of benzene rings is 1. The van der Waals surface area contributed by atoms with Crippen LogP contribution in [0.1, 0.15) is 15.2 Å². The Morgan fingerprint density at radius 2 is 2.09 bits per heavy atom. The molecule has 0 saturated heterocycles. The smallest absolute Gasteiger partial charge is 0.255 e. The number of rotatable bonds is 5. The van der Waals surface area contributed by atoms with Crippen molar-refractivity contribution in [1.82, 2.24) is 9.88 Å². The molecule has 0 aliphatic heterocycles. The van der Waals surface area contributed by atoms with E-state index < -0.39 is 0 Å². The molecule has 0 aliphatic rings. The van der Waals surface area contributed by atoms with Crippen LogP contribution in [0.5, 0.6) is 5.75 Å². The van der Waals surface area contributed by atoms with Gasteiger partial charge < -0.3 is 14.6 Å². The lowest BCUT2D eigenvalue weighted by Crippen LogP contribution is -2.23. The number of hydrogen-bond acceptors (Lipinski definition) is 3. The number of carbonyl (C=O) groups excluding carboxylic acids is 1. The van der Waals surface area contributed by atoms with Crippen molar-refractivity contribution in [3.8, 4) is 11.4 Å². The summed E-state index contributed by atoms with van der Waals surface area (Å²) in [5.41, 5.74) is 1.19. The van der Waals surface area contributed by atoms with Gasteiger partial charge in [0, 0.05) is 23.3 Å². The molecule has 23 heavy (non-hydrogen) atoms. The summed E-state index contributed by atoms with van der Waals surface area (Å²) in [7, 11) is 1.54. The van der Waals surface area contributed by atoms with Crippen molar-refractivity contribution >= 4 is 28.8 Å². The molecular weight excluding hydrogens is 332 g/mol. The minimum Gasteiger partial charge on any atom is -0.496 e. The van der Waals surface area contributed by atoms with Crippen LogP contribution in [0.2, 0.25) is 5.02 Å². The standard InChI is InChI=1S/C17H15ClN2O2S/c1-22-16-10-15(20-6-2-3-7-20)14(18)9-13(16)17(21)19-11-12-5-4-8-23-12/h2-10H,11H2,1H3,(H,19,21). The second-order valence-electron chi connectivity index (χ2n) is 4.86. The van der Waals surface area contributed by atoms with Crippen LogP contribution < -0.4 is 10.1 Å². The van der Waals surface area contributed by atoms with Gasteiger partial charge in [-0.05, 0) is 29.6 Å². The normalized spacial score (nSPS) is 10.5. The SMILES string of the molecule is COc1cc(-n2cccc2)c(Cl)cc1C(=O)NCc1cccs1. The third kappa shape index (κ3) is 3.41. The number of amides is 1. The number of nitrogens with one attached hydrogen (secondary N) is 1. The first-order valence-corrected chi connectivity index (χ1v) is 8.26. The quantitative estimate of drug-likeness (QED) is 0.754. The molecule has 118 valence electrons. The molecule has 0 bridgehead atoms. The van der Waals surface area contributed by atoms with Gasteiger partial charge >= 0.3 is 0 Å². The fraction of sp³-hybridized carbons (Fsp3) is 0.118. The van der Waals surface area contributed by atoms with Gasteiger partial charge in [-0.3, -0.25) is 4.79 Å². The van der Waals surface area contributed by atoms with Crippen LogP contribution in [0.15, 0.2) is 54.2 Å². The van der Waals surface area contributed by atoms with Crippen molar-refractivity contribution in [1.29, 1.82) is 0 Å². The second kappa shape index (κ2) is 6.89. The summed E-state index contributed by atoms with van der Waals surface area (Å²) in [5.74, 6) is 0.276. The number of halogens is 1. The number of thiophene rings is 1. The monoisotopic (exact) mass is 346 g/mol. The van der Waals surface area contributed by atoms with E-state index in [0.717, 1.165) is 10.6 Å². The maximum atomic E-state index is 12.4. The molecule has 3 aromatic rings. The summed E-state index contributed by atoms with van der Waals surface area (Å²) >= 11 is 7.94. The Morgan fingerprint density at radius 3 is 2.74 bits per heavy atom. The third-order valence-corrected chi connectivity index (χ3v) is 4.58. The molecule has 2 heterocycles. The van der Waals surface area contributed by atoms with Gasteiger partial charge in [0.2, 0.25) is 0 Å². The van der Waals surface area contributed by atoms with Crippen molar-refractivity contribution in [3.63, 3.8) is 0 Å². The fourth-order valence-electron chi connectivity index (χ4n) is 2.26. The van der Waals surface area contributed by atoms with Gasteiger partial charge in [-0.25, -0.2) is 0 Å². The van der Waals surface area contributed by atoms with Crippen molar-refractivity contribution in [2.75, 3.05) is 7.11 Å². The maximum absolute atomic E-state index is 12.4. The second-order valence-corrected chi connectivity index (χ2v) is 6.30. The molecule has 1 N–H and O–H groups in total. The molecule has 1 aromatic carbocycles. The Kier molecular flexibility index (Phi) is 4.69. The third-order valence-electron chi connectivity index (χ3n) is 3.40. The first kappa shape index (κ1) is 15.6. The molecule has 0 spiro atoms. The zero-order chi connectivity index (χ0) is 16.2. The summed E-state index contributed by atoms with van der Waals surface area (Å²) in [4.78, 5) is 13.5. The van der Waals surface area contributed by atoms with Crippen LogP contribution >= 0.6 is 22.9 Å². The summed E-state index contributed by atoms with van der Waals surface area (Å²) in [6.07, 6.45) is 3.77. The number of ether oxygens (including phenoxy) is 1. The zero-order valence-electron chi connectivity index (χ0n) is 12.5. The highest BCUT2D eigenvalue weighted by atomic mass is 35.5.